The Hall–Kier alpha value is -1.56. The Morgan fingerprint density at radius 1 is 1.13 bits per heavy atom. The number of carbonyl (C=O) groups is 1. The van der Waals surface area contributed by atoms with E-state index in [1.165, 1.54) is 19.1 Å². The molecule has 7 heteroatoms. The molecule has 0 fully saturated rings. The van der Waals surface area contributed by atoms with E-state index in [1.807, 2.05) is 0 Å². The first kappa shape index (κ1) is 17.8. The minimum atomic E-state index is -3.47. The van der Waals surface area contributed by atoms with Crippen LogP contribution in [0, 0.1) is 0 Å². The third-order valence-corrected chi connectivity index (χ3v) is 5.67. The van der Waals surface area contributed by atoms with E-state index >= 15 is 0 Å². The van der Waals surface area contributed by atoms with Gasteiger partial charge >= 0.3 is 0 Å². The van der Waals surface area contributed by atoms with Crippen LogP contribution in [0.25, 0.3) is 0 Å². The SMILES string of the molecule is CCS(=O)(=O)c1ccccc1C(=O)NCc1ccc(Cl)cc1Cl. The second kappa shape index (κ2) is 7.34. The minimum Gasteiger partial charge on any atom is -0.348 e. The third kappa shape index (κ3) is 4.25. The maximum atomic E-state index is 12.3. The van der Waals surface area contributed by atoms with Crippen molar-refractivity contribution in [2.24, 2.45) is 0 Å². The third-order valence-electron chi connectivity index (χ3n) is 3.30. The Labute approximate surface area is 145 Å². The van der Waals surface area contributed by atoms with Crippen LogP contribution in [-0.2, 0) is 16.4 Å². The molecule has 0 aliphatic carbocycles. The monoisotopic (exact) mass is 371 g/mol. The largest absolute Gasteiger partial charge is 0.348 e. The molecule has 4 nitrogen and oxygen atoms in total. The van der Waals surface area contributed by atoms with Crippen LogP contribution < -0.4 is 5.32 Å². The lowest BCUT2D eigenvalue weighted by Crippen LogP contribution is -2.25. The van der Waals surface area contributed by atoms with E-state index in [2.05, 4.69) is 5.32 Å². The molecular formula is C16H15Cl2NO3S. The molecule has 0 saturated heterocycles. The molecule has 1 amide bonds. The van der Waals surface area contributed by atoms with E-state index in [0.29, 0.717) is 15.6 Å². The Balaban J connectivity index is 2.22. The summed E-state index contributed by atoms with van der Waals surface area (Å²) in [7, 11) is -3.47. The van der Waals surface area contributed by atoms with Gasteiger partial charge in [-0.1, -0.05) is 48.3 Å². The highest BCUT2D eigenvalue weighted by atomic mass is 35.5. The van der Waals surface area contributed by atoms with Crippen LogP contribution in [0.4, 0.5) is 0 Å². The fraction of sp³-hybridized carbons (Fsp3) is 0.188. The van der Waals surface area contributed by atoms with Crippen molar-refractivity contribution in [3.63, 3.8) is 0 Å². The number of sulfone groups is 1. The van der Waals surface area contributed by atoms with E-state index < -0.39 is 15.7 Å². The summed E-state index contributed by atoms with van der Waals surface area (Å²) < 4.78 is 24.2. The standard InChI is InChI=1S/C16H15Cl2NO3S/c1-2-23(21,22)15-6-4-3-5-13(15)16(20)19-10-11-7-8-12(17)9-14(11)18/h3-9H,2,10H2,1H3,(H,19,20). The van der Waals surface area contributed by atoms with Crippen molar-refractivity contribution in [2.45, 2.75) is 18.4 Å². The highest BCUT2D eigenvalue weighted by Gasteiger charge is 2.20. The first-order valence-electron chi connectivity index (χ1n) is 6.89. The van der Waals surface area contributed by atoms with Gasteiger partial charge in [0.2, 0.25) is 0 Å². The zero-order valence-electron chi connectivity index (χ0n) is 12.3. The summed E-state index contributed by atoms with van der Waals surface area (Å²) in [6.07, 6.45) is 0. The van der Waals surface area contributed by atoms with Gasteiger partial charge in [0.05, 0.1) is 16.2 Å². The summed E-state index contributed by atoms with van der Waals surface area (Å²) in [6, 6.07) is 11.1. The number of halogens is 2. The summed E-state index contributed by atoms with van der Waals surface area (Å²) in [4.78, 5) is 12.4. The van der Waals surface area contributed by atoms with Gasteiger partial charge < -0.3 is 5.32 Å². The normalized spacial score (nSPS) is 11.3. The van der Waals surface area contributed by atoms with Gasteiger partial charge in [0.15, 0.2) is 9.84 Å². The molecule has 0 heterocycles. The number of carbonyl (C=O) groups excluding carboxylic acids is 1. The quantitative estimate of drug-likeness (QED) is 0.870. The first-order valence-corrected chi connectivity index (χ1v) is 9.30. The highest BCUT2D eigenvalue weighted by Crippen LogP contribution is 2.21. The number of benzene rings is 2. The maximum absolute atomic E-state index is 12.3. The van der Waals surface area contributed by atoms with Gasteiger partial charge in [-0.05, 0) is 29.8 Å². The van der Waals surface area contributed by atoms with E-state index in [1.54, 1.807) is 30.3 Å². The summed E-state index contributed by atoms with van der Waals surface area (Å²) in [5.41, 5.74) is 0.819. The molecule has 0 radical (unpaired) electrons. The molecule has 0 saturated carbocycles. The van der Waals surface area contributed by atoms with Gasteiger partial charge in [-0.25, -0.2) is 8.42 Å². The predicted octanol–water partition coefficient (Wildman–Crippen LogP) is 3.72. The second-order valence-electron chi connectivity index (χ2n) is 4.82. The van der Waals surface area contributed by atoms with Gasteiger partial charge in [-0.2, -0.15) is 0 Å². The topological polar surface area (TPSA) is 63.2 Å². The number of hydrogen-bond acceptors (Lipinski definition) is 3. The van der Waals surface area contributed by atoms with Crippen LogP contribution in [0.15, 0.2) is 47.4 Å². The zero-order valence-corrected chi connectivity index (χ0v) is 14.7. The Morgan fingerprint density at radius 3 is 2.48 bits per heavy atom. The van der Waals surface area contributed by atoms with Gasteiger partial charge in [0.25, 0.3) is 5.91 Å². The number of hydrogen-bond donors (Lipinski definition) is 1. The average molecular weight is 372 g/mol. The molecular weight excluding hydrogens is 357 g/mol. The lowest BCUT2D eigenvalue weighted by molar-refractivity contribution is 0.0947. The van der Waals surface area contributed by atoms with Crippen molar-refractivity contribution in [2.75, 3.05) is 5.75 Å². The van der Waals surface area contributed by atoms with Crippen molar-refractivity contribution in [1.82, 2.24) is 5.32 Å². The van der Waals surface area contributed by atoms with Gasteiger partial charge in [0.1, 0.15) is 0 Å². The maximum Gasteiger partial charge on any atom is 0.252 e. The molecule has 0 aliphatic rings. The summed E-state index contributed by atoms with van der Waals surface area (Å²) in [6.45, 7) is 1.72. The molecule has 0 spiro atoms. The van der Waals surface area contributed by atoms with Crippen LogP contribution in [-0.4, -0.2) is 20.1 Å². The molecule has 0 aromatic heterocycles. The highest BCUT2D eigenvalue weighted by molar-refractivity contribution is 7.91. The number of nitrogens with one attached hydrogen (secondary N) is 1. The fourth-order valence-corrected chi connectivity index (χ4v) is 3.58. The molecule has 23 heavy (non-hydrogen) atoms. The van der Waals surface area contributed by atoms with Crippen LogP contribution in [0.2, 0.25) is 10.0 Å². The first-order chi connectivity index (χ1) is 10.8. The number of amides is 1. The van der Waals surface area contributed by atoms with Crippen molar-refractivity contribution in [1.29, 1.82) is 0 Å². The smallest absolute Gasteiger partial charge is 0.252 e. The van der Waals surface area contributed by atoms with Gasteiger partial charge in [-0.3, -0.25) is 4.79 Å². The van der Waals surface area contributed by atoms with E-state index in [4.69, 9.17) is 23.2 Å². The molecule has 2 aromatic rings. The molecule has 0 unspecified atom stereocenters. The molecule has 0 atom stereocenters. The molecule has 2 rings (SSSR count). The Kier molecular flexibility index (Phi) is 5.68. The number of rotatable bonds is 5. The van der Waals surface area contributed by atoms with Crippen LogP contribution in [0.3, 0.4) is 0 Å². The average Bonchev–Trinajstić information content (AvgIpc) is 2.53. The van der Waals surface area contributed by atoms with E-state index in [-0.39, 0.29) is 22.8 Å². The van der Waals surface area contributed by atoms with Crippen molar-refractivity contribution < 1.29 is 13.2 Å². The van der Waals surface area contributed by atoms with Crippen molar-refractivity contribution >= 4 is 38.9 Å². The molecule has 0 bridgehead atoms. The van der Waals surface area contributed by atoms with E-state index in [0.717, 1.165) is 0 Å². The Morgan fingerprint density at radius 2 is 1.83 bits per heavy atom. The minimum absolute atomic E-state index is 0.0298. The lowest BCUT2D eigenvalue weighted by Gasteiger charge is -2.11. The zero-order chi connectivity index (χ0) is 17.0. The van der Waals surface area contributed by atoms with Crippen LogP contribution >= 0.6 is 23.2 Å². The summed E-state index contributed by atoms with van der Waals surface area (Å²) in [5.74, 6) is -0.538. The second-order valence-corrected chi connectivity index (χ2v) is 7.91. The molecule has 1 N–H and O–H groups in total. The van der Waals surface area contributed by atoms with E-state index in [9.17, 15) is 13.2 Å². The van der Waals surface area contributed by atoms with Gasteiger partial charge in [0, 0.05) is 16.6 Å². The van der Waals surface area contributed by atoms with Crippen molar-refractivity contribution in [3.8, 4) is 0 Å². The summed E-state index contributed by atoms with van der Waals surface area (Å²) in [5, 5.41) is 3.62. The molecule has 0 aliphatic heterocycles. The summed E-state index contributed by atoms with van der Waals surface area (Å²) >= 11 is 11.9. The van der Waals surface area contributed by atoms with Crippen LogP contribution in [0.1, 0.15) is 22.8 Å². The van der Waals surface area contributed by atoms with Gasteiger partial charge in [-0.15, -0.1) is 0 Å². The lowest BCUT2D eigenvalue weighted by atomic mass is 10.2. The predicted molar refractivity (Wildman–Crippen MR) is 91.8 cm³/mol. The molecule has 122 valence electrons. The van der Waals surface area contributed by atoms with Crippen molar-refractivity contribution in [3.05, 3.63) is 63.6 Å². The Bertz CT molecular complexity index is 835. The fourth-order valence-electron chi connectivity index (χ4n) is 2.02. The van der Waals surface area contributed by atoms with Crippen LogP contribution in [0.5, 0.6) is 0 Å². The molecule has 2 aromatic carbocycles.